The van der Waals surface area contributed by atoms with Crippen molar-refractivity contribution in [1.82, 2.24) is 10.2 Å². The van der Waals surface area contributed by atoms with Crippen molar-refractivity contribution in [1.29, 1.82) is 0 Å². The van der Waals surface area contributed by atoms with Crippen LogP contribution in [0.1, 0.15) is 65.2 Å². The number of hydrogen-bond donors (Lipinski definition) is 2. The van der Waals surface area contributed by atoms with Gasteiger partial charge in [0.1, 0.15) is 0 Å². The summed E-state index contributed by atoms with van der Waals surface area (Å²) in [4.78, 5) is 2.65. The third kappa shape index (κ3) is 4.71. The summed E-state index contributed by atoms with van der Waals surface area (Å²) in [6.07, 6.45) is 10.1. The van der Waals surface area contributed by atoms with Crippen LogP contribution >= 0.6 is 0 Å². The van der Waals surface area contributed by atoms with Gasteiger partial charge in [-0.3, -0.25) is 0 Å². The first kappa shape index (κ1) is 16.3. The molecule has 0 aromatic carbocycles. The fraction of sp³-hybridized carbons (Fsp3) is 1.00. The van der Waals surface area contributed by atoms with E-state index < -0.39 is 0 Å². The summed E-state index contributed by atoms with van der Waals surface area (Å²) >= 11 is 0. The lowest BCUT2D eigenvalue weighted by Gasteiger charge is -2.35. The molecule has 1 heterocycles. The molecule has 1 aliphatic heterocycles. The van der Waals surface area contributed by atoms with Gasteiger partial charge < -0.3 is 15.3 Å². The van der Waals surface area contributed by atoms with Gasteiger partial charge >= 0.3 is 0 Å². The van der Waals surface area contributed by atoms with Gasteiger partial charge in [0.05, 0.1) is 6.61 Å². The summed E-state index contributed by atoms with van der Waals surface area (Å²) in [6.45, 7) is 8.61. The van der Waals surface area contributed by atoms with E-state index in [1.165, 1.54) is 58.2 Å². The second kappa shape index (κ2) is 7.77. The molecule has 2 atom stereocenters. The molecule has 1 saturated carbocycles. The SMILES string of the molecule is CCC1CCCN(CCCC(CC)(CO)NC2CC2)C1. The minimum atomic E-state index is -0.0128. The van der Waals surface area contributed by atoms with Crippen molar-refractivity contribution in [2.45, 2.75) is 76.8 Å². The number of piperidine rings is 1. The van der Waals surface area contributed by atoms with Crippen molar-refractivity contribution in [3.63, 3.8) is 0 Å². The van der Waals surface area contributed by atoms with Crippen LogP contribution in [-0.2, 0) is 0 Å². The molecule has 0 radical (unpaired) electrons. The Morgan fingerprint density at radius 2 is 2.05 bits per heavy atom. The zero-order valence-corrected chi connectivity index (χ0v) is 13.5. The van der Waals surface area contributed by atoms with E-state index >= 15 is 0 Å². The van der Waals surface area contributed by atoms with Crippen molar-refractivity contribution in [3.05, 3.63) is 0 Å². The van der Waals surface area contributed by atoms with Gasteiger partial charge in [0, 0.05) is 18.1 Å². The van der Waals surface area contributed by atoms with Crippen LogP contribution in [0.25, 0.3) is 0 Å². The molecule has 118 valence electrons. The van der Waals surface area contributed by atoms with E-state index in [9.17, 15) is 5.11 Å². The average Bonchev–Trinajstić information content (AvgIpc) is 3.30. The Kier molecular flexibility index (Phi) is 6.31. The Hall–Kier alpha value is -0.120. The monoisotopic (exact) mass is 282 g/mol. The van der Waals surface area contributed by atoms with Crippen LogP contribution in [-0.4, -0.2) is 47.8 Å². The van der Waals surface area contributed by atoms with Gasteiger partial charge in [-0.05, 0) is 64.0 Å². The molecule has 3 nitrogen and oxygen atoms in total. The zero-order valence-electron chi connectivity index (χ0n) is 13.5. The lowest BCUT2D eigenvalue weighted by molar-refractivity contribution is 0.126. The van der Waals surface area contributed by atoms with Crippen LogP contribution in [0.5, 0.6) is 0 Å². The van der Waals surface area contributed by atoms with E-state index in [0.29, 0.717) is 6.04 Å². The van der Waals surface area contributed by atoms with Crippen molar-refractivity contribution >= 4 is 0 Å². The fourth-order valence-electron chi connectivity index (χ4n) is 3.58. The molecule has 0 aromatic rings. The van der Waals surface area contributed by atoms with Gasteiger partial charge in [-0.2, -0.15) is 0 Å². The van der Waals surface area contributed by atoms with Gasteiger partial charge in [0.15, 0.2) is 0 Å². The molecule has 1 aliphatic carbocycles. The first-order chi connectivity index (χ1) is 9.71. The highest BCUT2D eigenvalue weighted by atomic mass is 16.3. The van der Waals surface area contributed by atoms with E-state index in [1.54, 1.807) is 0 Å². The van der Waals surface area contributed by atoms with Crippen LogP contribution in [0.4, 0.5) is 0 Å². The summed E-state index contributed by atoms with van der Waals surface area (Å²) < 4.78 is 0. The molecule has 2 unspecified atom stereocenters. The Bertz CT molecular complexity index is 274. The summed E-state index contributed by atoms with van der Waals surface area (Å²) in [5, 5.41) is 13.5. The van der Waals surface area contributed by atoms with Crippen molar-refractivity contribution in [2.75, 3.05) is 26.2 Å². The Morgan fingerprint density at radius 3 is 2.65 bits per heavy atom. The van der Waals surface area contributed by atoms with Crippen LogP contribution < -0.4 is 5.32 Å². The molecule has 20 heavy (non-hydrogen) atoms. The topological polar surface area (TPSA) is 35.5 Å². The fourth-order valence-corrected chi connectivity index (χ4v) is 3.58. The Balaban J connectivity index is 1.71. The second-order valence-electron chi connectivity index (χ2n) is 7.03. The minimum absolute atomic E-state index is 0.0128. The Labute approximate surface area is 125 Å². The number of hydrogen-bond acceptors (Lipinski definition) is 3. The normalized spacial score (nSPS) is 27.4. The number of aliphatic hydroxyl groups excluding tert-OH is 1. The minimum Gasteiger partial charge on any atom is -0.394 e. The smallest absolute Gasteiger partial charge is 0.0613 e. The quantitative estimate of drug-likeness (QED) is 0.682. The zero-order chi connectivity index (χ0) is 14.4. The molecule has 0 bridgehead atoms. The molecule has 2 rings (SSSR count). The number of nitrogens with zero attached hydrogens (tertiary/aromatic N) is 1. The number of rotatable bonds is 9. The molecular formula is C17H34N2O. The molecule has 3 heteroatoms. The Morgan fingerprint density at radius 1 is 1.25 bits per heavy atom. The maximum atomic E-state index is 9.79. The summed E-state index contributed by atoms with van der Waals surface area (Å²) in [7, 11) is 0. The summed E-state index contributed by atoms with van der Waals surface area (Å²) in [5.74, 6) is 0.919. The lowest BCUT2D eigenvalue weighted by atomic mass is 9.90. The molecule has 0 amide bonds. The third-order valence-electron chi connectivity index (χ3n) is 5.38. The number of aliphatic hydroxyl groups is 1. The van der Waals surface area contributed by atoms with Crippen molar-refractivity contribution in [3.8, 4) is 0 Å². The van der Waals surface area contributed by atoms with Gasteiger partial charge in [-0.25, -0.2) is 0 Å². The summed E-state index contributed by atoms with van der Waals surface area (Å²) in [6, 6.07) is 0.682. The van der Waals surface area contributed by atoms with Crippen LogP contribution in [0.2, 0.25) is 0 Å². The average molecular weight is 282 g/mol. The maximum absolute atomic E-state index is 9.79. The van der Waals surface area contributed by atoms with Crippen LogP contribution in [0.3, 0.4) is 0 Å². The van der Waals surface area contributed by atoms with E-state index in [0.717, 1.165) is 18.8 Å². The third-order valence-corrected chi connectivity index (χ3v) is 5.38. The highest BCUT2D eigenvalue weighted by molar-refractivity contribution is 4.94. The standard InChI is InChI=1S/C17H34N2O/c1-3-15-7-5-11-19(13-15)12-6-10-17(4-2,14-20)18-16-8-9-16/h15-16,18,20H,3-14H2,1-2H3. The van der Waals surface area contributed by atoms with Crippen molar-refractivity contribution < 1.29 is 5.11 Å². The lowest BCUT2D eigenvalue weighted by Crippen LogP contribution is -2.49. The second-order valence-corrected chi connectivity index (χ2v) is 7.03. The van der Waals surface area contributed by atoms with Gasteiger partial charge in [-0.15, -0.1) is 0 Å². The van der Waals surface area contributed by atoms with E-state index in [-0.39, 0.29) is 12.1 Å². The van der Waals surface area contributed by atoms with Crippen LogP contribution in [0.15, 0.2) is 0 Å². The van der Waals surface area contributed by atoms with Gasteiger partial charge in [0.2, 0.25) is 0 Å². The number of likely N-dealkylation sites (tertiary alicyclic amines) is 1. The largest absolute Gasteiger partial charge is 0.394 e. The molecule has 0 spiro atoms. The van der Waals surface area contributed by atoms with E-state index in [2.05, 4.69) is 24.1 Å². The number of nitrogens with one attached hydrogen (secondary N) is 1. The van der Waals surface area contributed by atoms with Crippen LogP contribution in [0, 0.1) is 5.92 Å². The molecule has 0 aromatic heterocycles. The predicted molar refractivity (Wildman–Crippen MR) is 85.0 cm³/mol. The van der Waals surface area contributed by atoms with Gasteiger partial charge in [0.25, 0.3) is 0 Å². The molecule has 2 aliphatic rings. The van der Waals surface area contributed by atoms with Crippen molar-refractivity contribution in [2.24, 2.45) is 5.92 Å². The van der Waals surface area contributed by atoms with E-state index in [1.807, 2.05) is 0 Å². The summed E-state index contributed by atoms with van der Waals surface area (Å²) in [5.41, 5.74) is -0.0128. The molecular weight excluding hydrogens is 248 g/mol. The van der Waals surface area contributed by atoms with Gasteiger partial charge in [-0.1, -0.05) is 20.3 Å². The predicted octanol–water partition coefficient (Wildman–Crippen LogP) is 2.78. The maximum Gasteiger partial charge on any atom is 0.0613 e. The molecule has 1 saturated heterocycles. The first-order valence-corrected chi connectivity index (χ1v) is 8.82. The molecule has 2 N–H and O–H groups in total. The first-order valence-electron chi connectivity index (χ1n) is 8.82. The van der Waals surface area contributed by atoms with E-state index in [4.69, 9.17) is 0 Å². The highest BCUT2D eigenvalue weighted by Crippen LogP contribution is 2.27. The highest BCUT2D eigenvalue weighted by Gasteiger charge is 2.34. The molecule has 2 fully saturated rings.